The predicted molar refractivity (Wildman–Crippen MR) is 127 cm³/mol. The zero-order valence-corrected chi connectivity index (χ0v) is 18.9. The zero-order valence-electron chi connectivity index (χ0n) is 17.4. The molecule has 160 valence electrons. The number of piperidine rings is 3. The summed E-state index contributed by atoms with van der Waals surface area (Å²) in [6.07, 6.45) is 5.54. The van der Waals surface area contributed by atoms with Crippen LogP contribution in [0, 0.1) is 11.8 Å². The van der Waals surface area contributed by atoms with E-state index in [1.807, 2.05) is 42.6 Å². The minimum Gasteiger partial charge on any atom is -0.382 e. The second-order valence-corrected chi connectivity index (χ2v) is 9.96. The van der Waals surface area contributed by atoms with Crippen molar-refractivity contribution in [1.82, 2.24) is 4.98 Å². The topological polar surface area (TPSA) is 33.1 Å². The van der Waals surface area contributed by atoms with E-state index in [2.05, 4.69) is 29.8 Å². The number of rotatable bonds is 5. The average molecular weight is 454 g/mol. The molecule has 1 N–H and O–H groups in total. The Bertz CT molecular complexity index is 1130. The number of aromatic nitrogens is 1. The number of fused-ring (bicyclic) bond motifs is 4. The second kappa shape index (κ2) is 8.22. The molecular weight excluding hydrogens is 427 g/mol. The number of halogens is 2. The molecule has 4 heterocycles. The summed E-state index contributed by atoms with van der Waals surface area (Å²) in [5, 5.41) is 13.9. The summed E-state index contributed by atoms with van der Waals surface area (Å²) in [4.78, 5) is 4.49. The third-order valence-corrected chi connectivity index (χ3v) is 8.26. The van der Waals surface area contributed by atoms with Crippen molar-refractivity contribution in [2.45, 2.75) is 31.5 Å². The van der Waals surface area contributed by atoms with Crippen molar-refractivity contribution in [1.29, 1.82) is 0 Å². The molecule has 0 radical (unpaired) electrons. The Kier molecular flexibility index (Phi) is 5.56. The highest BCUT2D eigenvalue weighted by molar-refractivity contribution is 6.42. The Morgan fingerprint density at radius 2 is 2.00 bits per heavy atom. The van der Waals surface area contributed by atoms with Gasteiger partial charge in [0.05, 0.1) is 28.7 Å². The standard InChI is InChI=1S/C26H27Cl2N2O/c1-2-18-16-30(15-17-7-8-22(27)23(28)13-17)12-10-19(18)14-25(30)26(31)21-9-11-29-24-6-4-3-5-20(21)24/h2-9,11,13,18-19,25-26,31H,1,10,12,14-16H2/q+1/t18-,19-,25+,26-,30+/m0/s1. The number of hydrogen-bond acceptors (Lipinski definition) is 2. The van der Waals surface area contributed by atoms with Gasteiger partial charge in [-0.15, -0.1) is 6.58 Å². The van der Waals surface area contributed by atoms with E-state index in [0.717, 1.165) is 52.6 Å². The van der Waals surface area contributed by atoms with Crippen LogP contribution in [-0.2, 0) is 6.54 Å². The van der Waals surface area contributed by atoms with Crippen LogP contribution >= 0.6 is 23.2 Å². The molecule has 3 aliphatic heterocycles. The van der Waals surface area contributed by atoms with Gasteiger partial charge >= 0.3 is 0 Å². The summed E-state index contributed by atoms with van der Waals surface area (Å²) in [5.41, 5.74) is 3.06. The van der Waals surface area contributed by atoms with E-state index in [-0.39, 0.29) is 6.04 Å². The first-order chi connectivity index (χ1) is 15.0. The number of pyridine rings is 1. The molecule has 0 amide bonds. The zero-order chi connectivity index (χ0) is 21.6. The lowest BCUT2D eigenvalue weighted by atomic mass is 9.71. The molecule has 3 aliphatic rings. The van der Waals surface area contributed by atoms with Gasteiger partial charge in [0.15, 0.2) is 0 Å². The molecule has 3 saturated heterocycles. The highest BCUT2D eigenvalue weighted by Crippen LogP contribution is 2.48. The van der Waals surface area contributed by atoms with E-state index in [0.29, 0.717) is 21.9 Å². The molecule has 2 aromatic carbocycles. The van der Waals surface area contributed by atoms with Gasteiger partial charge < -0.3 is 9.59 Å². The fraction of sp³-hybridized carbons (Fsp3) is 0.346. The van der Waals surface area contributed by atoms with Gasteiger partial charge in [-0.2, -0.15) is 0 Å². The van der Waals surface area contributed by atoms with E-state index in [1.165, 1.54) is 6.42 Å². The van der Waals surface area contributed by atoms with Crippen molar-refractivity contribution in [2.75, 3.05) is 13.1 Å². The summed E-state index contributed by atoms with van der Waals surface area (Å²) in [5.74, 6) is 1.06. The number of aliphatic hydroxyl groups is 1. The third kappa shape index (κ3) is 3.68. The van der Waals surface area contributed by atoms with Gasteiger partial charge in [0.2, 0.25) is 0 Å². The normalized spacial score (nSPS) is 28.5. The van der Waals surface area contributed by atoms with Gasteiger partial charge in [-0.05, 0) is 35.7 Å². The molecule has 1 aromatic heterocycles. The van der Waals surface area contributed by atoms with E-state index in [9.17, 15) is 5.11 Å². The largest absolute Gasteiger partial charge is 0.382 e. The van der Waals surface area contributed by atoms with Gasteiger partial charge in [0.1, 0.15) is 18.7 Å². The van der Waals surface area contributed by atoms with Crippen molar-refractivity contribution < 1.29 is 9.59 Å². The fourth-order valence-corrected chi connectivity index (χ4v) is 6.29. The van der Waals surface area contributed by atoms with Crippen LogP contribution in [0.2, 0.25) is 10.0 Å². The van der Waals surface area contributed by atoms with Gasteiger partial charge in [-0.1, -0.05) is 53.5 Å². The van der Waals surface area contributed by atoms with Gasteiger partial charge in [0.25, 0.3) is 0 Å². The van der Waals surface area contributed by atoms with Gasteiger partial charge in [-0.25, -0.2) is 0 Å². The molecule has 3 nitrogen and oxygen atoms in total. The number of aliphatic hydroxyl groups excluding tert-OH is 1. The SMILES string of the molecule is C=C[C@H]1C[N@+]2(Cc3ccc(Cl)c(Cl)c3)CC[C@H]1C[C@@H]2[C@@H](O)c1ccnc2ccccc12. The van der Waals surface area contributed by atoms with E-state index in [4.69, 9.17) is 23.2 Å². The van der Waals surface area contributed by atoms with Crippen molar-refractivity contribution in [2.24, 2.45) is 11.8 Å². The molecule has 0 spiro atoms. The molecule has 6 rings (SSSR count). The summed E-state index contributed by atoms with van der Waals surface area (Å²) >= 11 is 12.5. The lowest BCUT2D eigenvalue weighted by Crippen LogP contribution is -2.67. The van der Waals surface area contributed by atoms with Crippen LogP contribution in [0.4, 0.5) is 0 Å². The summed E-state index contributed by atoms with van der Waals surface area (Å²) < 4.78 is 0.850. The second-order valence-electron chi connectivity index (χ2n) is 9.14. The van der Waals surface area contributed by atoms with Crippen LogP contribution in [-0.4, -0.2) is 33.7 Å². The van der Waals surface area contributed by atoms with Crippen molar-refractivity contribution >= 4 is 34.1 Å². The van der Waals surface area contributed by atoms with Crippen LogP contribution < -0.4 is 0 Å². The molecule has 0 aliphatic carbocycles. The van der Waals surface area contributed by atoms with Crippen molar-refractivity contribution in [3.63, 3.8) is 0 Å². The van der Waals surface area contributed by atoms with E-state index in [1.54, 1.807) is 0 Å². The molecule has 2 bridgehead atoms. The fourth-order valence-electron chi connectivity index (χ4n) is 5.97. The van der Waals surface area contributed by atoms with Crippen LogP contribution in [0.1, 0.15) is 30.1 Å². The van der Waals surface area contributed by atoms with Gasteiger partial charge in [0, 0.05) is 35.9 Å². The summed E-state index contributed by atoms with van der Waals surface area (Å²) in [7, 11) is 0. The molecule has 0 saturated carbocycles. The quantitative estimate of drug-likeness (QED) is 0.369. The van der Waals surface area contributed by atoms with Crippen molar-refractivity contribution in [3.05, 3.63) is 88.6 Å². The summed E-state index contributed by atoms with van der Waals surface area (Å²) in [6.45, 7) is 7.00. The number of quaternary nitrogens is 1. The average Bonchev–Trinajstić information content (AvgIpc) is 2.80. The first-order valence-corrected chi connectivity index (χ1v) is 11.7. The highest BCUT2D eigenvalue weighted by atomic mass is 35.5. The molecule has 5 heteroatoms. The number of benzene rings is 2. The predicted octanol–water partition coefficient (Wildman–Crippen LogP) is 6.19. The number of nitrogens with zero attached hydrogens (tertiary/aromatic N) is 2. The van der Waals surface area contributed by atoms with Crippen LogP contribution in [0.25, 0.3) is 10.9 Å². The van der Waals surface area contributed by atoms with Gasteiger partial charge in [-0.3, -0.25) is 4.98 Å². The minimum atomic E-state index is -0.552. The Labute approximate surface area is 193 Å². The Morgan fingerprint density at radius 3 is 2.81 bits per heavy atom. The first-order valence-electron chi connectivity index (χ1n) is 10.9. The monoisotopic (exact) mass is 453 g/mol. The maximum atomic E-state index is 11.7. The molecule has 31 heavy (non-hydrogen) atoms. The molecule has 3 aromatic rings. The molecular formula is C26H27Cl2N2O+. The van der Waals surface area contributed by atoms with Crippen LogP contribution in [0.5, 0.6) is 0 Å². The lowest BCUT2D eigenvalue weighted by molar-refractivity contribution is -0.984. The number of hydrogen-bond donors (Lipinski definition) is 1. The maximum Gasteiger partial charge on any atom is 0.131 e. The molecule has 0 unspecified atom stereocenters. The van der Waals surface area contributed by atoms with Crippen LogP contribution in [0.15, 0.2) is 67.4 Å². The van der Waals surface area contributed by atoms with Crippen molar-refractivity contribution in [3.8, 4) is 0 Å². The first kappa shape index (κ1) is 21.0. The number of para-hydroxylation sites is 1. The Hall–Kier alpha value is -1.91. The summed E-state index contributed by atoms with van der Waals surface area (Å²) in [6, 6.07) is 16.1. The Balaban J connectivity index is 1.55. The van der Waals surface area contributed by atoms with E-state index < -0.39 is 6.10 Å². The third-order valence-electron chi connectivity index (χ3n) is 7.52. The maximum absolute atomic E-state index is 11.7. The van der Waals surface area contributed by atoms with Crippen LogP contribution in [0.3, 0.4) is 0 Å². The Morgan fingerprint density at radius 1 is 1.16 bits per heavy atom. The minimum absolute atomic E-state index is 0.121. The molecule has 5 atom stereocenters. The smallest absolute Gasteiger partial charge is 0.131 e. The highest BCUT2D eigenvalue weighted by Gasteiger charge is 2.54. The lowest BCUT2D eigenvalue weighted by Gasteiger charge is -2.58. The molecule has 3 fully saturated rings. The van der Waals surface area contributed by atoms with E-state index >= 15 is 0 Å².